The quantitative estimate of drug-likeness (QED) is 0.809. The minimum Gasteiger partial charge on any atom is -0.380 e. The number of hydrogen-bond donors (Lipinski definition) is 1. The molecule has 0 spiro atoms. The zero-order chi connectivity index (χ0) is 12.7. The molecule has 0 bridgehead atoms. The van der Waals surface area contributed by atoms with E-state index in [4.69, 9.17) is 16.3 Å². The number of halogens is 2. The Labute approximate surface area is 107 Å². The second-order valence-corrected chi connectivity index (χ2v) is 4.24. The van der Waals surface area contributed by atoms with E-state index in [1.54, 1.807) is 6.07 Å². The van der Waals surface area contributed by atoms with Gasteiger partial charge < -0.3 is 10.1 Å². The van der Waals surface area contributed by atoms with Crippen molar-refractivity contribution in [3.05, 3.63) is 34.6 Å². The summed E-state index contributed by atoms with van der Waals surface area (Å²) in [6, 6.07) is 4.49. The highest BCUT2D eigenvalue weighted by atomic mass is 35.5. The molecular weight excluding hydrogens is 241 g/mol. The van der Waals surface area contributed by atoms with E-state index in [1.807, 2.05) is 6.92 Å². The van der Waals surface area contributed by atoms with Crippen LogP contribution in [0.2, 0.25) is 5.02 Å². The highest BCUT2D eigenvalue weighted by molar-refractivity contribution is 6.31. The van der Waals surface area contributed by atoms with Crippen LogP contribution in [0.4, 0.5) is 4.39 Å². The maximum atomic E-state index is 13.0. The fourth-order valence-electron chi connectivity index (χ4n) is 1.60. The Morgan fingerprint density at radius 1 is 1.41 bits per heavy atom. The zero-order valence-corrected chi connectivity index (χ0v) is 11.1. The molecule has 1 atom stereocenters. The summed E-state index contributed by atoms with van der Waals surface area (Å²) in [6.45, 7) is 6.12. The molecule has 1 rings (SSSR count). The van der Waals surface area contributed by atoms with Crippen molar-refractivity contribution in [3.63, 3.8) is 0 Å². The van der Waals surface area contributed by atoms with Gasteiger partial charge in [-0.25, -0.2) is 4.39 Å². The lowest BCUT2D eigenvalue weighted by Crippen LogP contribution is -2.26. The highest BCUT2D eigenvalue weighted by Gasteiger charge is 2.14. The van der Waals surface area contributed by atoms with E-state index < -0.39 is 0 Å². The molecule has 2 nitrogen and oxygen atoms in total. The summed E-state index contributed by atoms with van der Waals surface area (Å²) in [5.41, 5.74) is 0.884. The summed E-state index contributed by atoms with van der Waals surface area (Å²) in [4.78, 5) is 0. The molecule has 96 valence electrons. The predicted molar refractivity (Wildman–Crippen MR) is 68.9 cm³/mol. The lowest BCUT2D eigenvalue weighted by Gasteiger charge is -2.20. The maximum Gasteiger partial charge on any atom is 0.124 e. The second-order valence-electron chi connectivity index (χ2n) is 3.83. The van der Waals surface area contributed by atoms with Gasteiger partial charge in [-0.2, -0.15) is 0 Å². The summed E-state index contributed by atoms with van der Waals surface area (Å²) in [7, 11) is 0. The third kappa shape index (κ3) is 4.62. The Morgan fingerprint density at radius 2 is 2.18 bits per heavy atom. The molecule has 1 aromatic rings. The van der Waals surface area contributed by atoms with Gasteiger partial charge in [0.1, 0.15) is 5.82 Å². The summed E-state index contributed by atoms with van der Waals surface area (Å²) < 4.78 is 18.4. The van der Waals surface area contributed by atoms with E-state index in [0.717, 1.165) is 18.5 Å². The van der Waals surface area contributed by atoms with E-state index in [-0.39, 0.29) is 11.9 Å². The van der Waals surface area contributed by atoms with Crippen LogP contribution in [-0.4, -0.2) is 19.8 Å². The van der Waals surface area contributed by atoms with Crippen molar-refractivity contribution < 1.29 is 9.13 Å². The van der Waals surface area contributed by atoms with E-state index in [1.165, 1.54) is 12.1 Å². The first kappa shape index (κ1) is 14.4. The van der Waals surface area contributed by atoms with Crippen LogP contribution in [0, 0.1) is 5.82 Å². The van der Waals surface area contributed by atoms with Crippen LogP contribution in [0.1, 0.15) is 31.9 Å². The van der Waals surface area contributed by atoms with Crippen LogP contribution in [-0.2, 0) is 4.74 Å². The summed E-state index contributed by atoms with van der Waals surface area (Å²) in [6.07, 6.45) is 1.03. The van der Waals surface area contributed by atoms with Crippen LogP contribution in [0.3, 0.4) is 0 Å². The van der Waals surface area contributed by atoms with Gasteiger partial charge in [0, 0.05) is 11.6 Å². The van der Waals surface area contributed by atoms with Crippen LogP contribution >= 0.6 is 11.6 Å². The first-order valence-electron chi connectivity index (χ1n) is 5.95. The van der Waals surface area contributed by atoms with Gasteiger partial charge in [0.2, 0.25) is 0 Å². The van der Waals surface area contributed by atoms with E-state index in [0.29, 0.717) is 18.2 Å². The summed E-state index contributed by atoms with van der Waals surface area (Å²) in [5.74, 6) is -0.315. The Morgan fingerprint density at radius 3 is 2.76 bits per heavy atom. The average Bonchev–Trinajstić information content (AvgIpc) is 2.30. The lowest BCUT2D eigenvalue weighted by atomic mass is 10.1. The lowest BCUT2D eigenvalue weighted by molar-refractivity contribution is 0.123. The van der Waals surface area contributed by atoms with Crippen molar-refractivity contribution in [2.24, 2.45) is 0 Å². The standard InChI is InChI=1S/C13H19ClFNO/c1-3-7-16-13(9-17-4-2)11-6-5-10(15)8-12(11)14/h5-6,8,13,16H,3-4,7,9H2,1-2H3. The molecule has 4 heteroatoms. The topological polar surface area (TPSA) is 21.3 Å². The molecule has 0 saturated heterocycles. The Bertz CT molecular complexity index is 338. The molecule has 0 aliphatic heterocycles. The monoisotopic (exact) mass is 259 g/mol. The van der Waals surface area contributed by atoms with Gasteiger partial charge in [0.05, 0.1) is 12.6 Å². The SMILES string of the molecule is CCCNC(COCC)c1ccc(F)cc1Cl. The van der Waals surface area contributed by atoms with Gasteiger partial charge in [0.25, 0.3) is 0 Å². The number of hydrogen-bond acceptors (Lipinski definition) is 2. The van der Waals surface area contributed by atoms with Gasteiger partial charge in [-0.1, -0.05) is 24.6 Å². The first-order chi connectivity index (χ1) is 8.19. The van der Waals surface area contributed by atoms with Gasteiger partial charge >= 0.3 is 0 Å². The molecule has 17 heavy (non-hydrogen) atoms. The molecule has 0 aliphatic rings. The molecule has 0 aromatic heterocycles. The molecule has 0 fully saturated rings. The van der Waals surface area contributed by atoms with E-state index in [2.05, 4.69) is 12.2 Å². The Balaban J connectivity index is 2.79. The second kappa shape index (κ2) is 7.64. The minimum atomic E-state index is -0.315. The van der Waals surface area contributed by atoms with Crippen molar-refractivity contribution in [2.45, 2.75) is 26.3 Å². The molecule has 0 radical (unpaired) electrons. The summed E-state index contributed by atoms with van der Waals surface area (Å²) in [5, 5.41) is 3.79. The Hall–Kier alpha value is -0.640. The van der Waals surface area contributed by atoms with E-state index >= 15 is 0 Å². The molecule has 1 unspecified atom stereocenters. The molecule has 0 heterocycles. The van der Waals surface area contributed by atoms with Gasteiger partial charge in [-0.05, 0) is 37.6 Å². The van der Waals surface area contributed by atoms with Crippen molar-refractivity contribution in [3.8, 4) is 0 Å². The molecule has 0 aliphatic carbocycles. The van der Waals surface area contributed by atoms with Crippen LogP contribution in [0.25, 0.3) is 0 Å². The molecule has 1 N–H and O–H groups in total. The smallest absolute Gasteiger partial charge is 0.124 e. The minimum absolute atomic E-state index is 0.0167. The van der Waals surface area contributed by atoms with Crippen molar-refractivity contribution in [2.75, 3.05) is 19.8 Å². The van der Waals surface area contributed by atoms with Crippen molar-refractivity contribution >= 4 is 11.6 Å². The summed E-state index contributed by atoms with van der Waals surface area (Å²) >= 11 is 6.05. The van der Waals surface area contributed by atoms with Gasteiger partial charge in [0.15, 0.2) is 0 Å². The van der Waals surface area contributed by atoms with Gasteiger partial charge in [-0.3, -0.25) is 0 Å². The van der Waals surface area contributed by atoms with E-state index in [9.17, 15) is 4.39 Å². The van der Waals surface area contributed by atoms with Gasteiger partial charge in [-0.15, -0.1) is 0 Å². The fourth-order valence-corrected chi connectivity index (χ4v) is 1.90. The normalized spacial score (nSPS) is 12.7. The molecule has 0 saturated carbocycles. The first-order valence-corrected chi connectivity index (χ1v) is 6.32. The molecule has 1 aromatic carbocycles. The number of nitrogens with one attached hydrogen (secondary N) is 1. The van der Waals surface area contributed by atoms with Crippen molar-refractivity contribution in [1.82, 2.24) is 5.32 Å². The number of rotatable bonds is 7. The third-order valence-corrected chi connectivity index (χ3v) is 2.79. The average molecular weight is 260 g/mol. The largest absolute Gasteiger partial charge is 0.380 e. The maximum absolute atomic E-state index is 13.0. The number of ether oxygens (including phenoxy) is 1. The fraction of sp³-hybridized carbons (Fsp3) is 0.538. The number of benzene rings is 1. The Kier molecular flexibility index (Phi) is 6.48. The molecular formula is C13H19ClFNO. The third-order valence-electron chi connectivity index (χ3n) is 2.47. The predicted octanol–water partition coefficient (Wildman–Crippen LogP) is 3.56. The molecule has 0 amide bonds. The zero-order valence-electron chi connectivity index (χ0n) is 10.3. The van der Waals surface area contributed by atoms with Crippen LogP contribution in [0.15, 0.2) is 18.2 Å². The van der Waals surface area contributed by atoms with Crippen LogP contribution < -0.4 is 5.32 Å². The highest BCUT2D eigenvalue weighted by Crippen LogP contribution is 2.24. The van der Waals surface area contributed by atoms with Crippen molar-refractivity contribution in [1.29, 1.82) is 0 Å². The van der Waals surface area contributed by atoms with Crippen LogP contribution in [0.5, 0.6) is 0 Å².